The maximum absolute atomic E-state index is 11.7. The van der Waals surface area contributed by atoms with Crippen molar-refractivity contribution in [2.75, 3.05) is 25.0 Å². The minimum Gasteiger partial charge on any atom is -0.378 e. The standard InChI is InChI=1S/C12H17N5O4/c1-2-14-11(18)8-3-4-9(10(7-8)17(20)21)15-5-6-16-12(13)19/h3-4,7,15H,2,5-6H2,1H3,(H,14,18)(H3,13,16,19). The summed E-state index contributed by atoms with van der Waals surface area (Å²) in [7, 11) is 0. The van der Waals surface area contributed by atoms with Crippen LogP contribution in [0.2, 0.25) is 0 Å². The maximum atomic E-state index is 11.7. The summed E-state index contributed by atoms with van der Waals surface area (Å²) in [4.78, 5) is 32.6. The molecular weight excluding hydrogens is 278 g/mol. The number of urea groups is 1. The Morgan fingerprint density at radius 1 is 1.29 bits per heavy atom. The van der Waals surface area contributed by atoms with Crippen molar-refractivity contribution >= 4 is 23.3 Å². The average molecular weight is 295 g/mol. The van der Waals surface area contributed by atoms with Crippen molar-refractivity contribution in [3.63, 3.8) is 0 Å². The van der Waals surface area contributed by atoms with Crippen molar-refractivity contribution < 1.29 is 14.5 Å². The van der Waals surface area contributed by atoms with Gasteiger partial charge in [0.15, 0.2) is 0 Å². The van der Waals surface area contributed by atoms with E-state index in [9.17, 15) is 19.7 Å². The summed E-state index contributed by atoms with van der Waals surface area (Å²) in [6, 6.07) is 3.47. The molecule has 0 saturated heterocycles. The van der Waals surface area contributed by atoms with E-state index in [4.69, 9.17) is 5.73 Å². The van der Waals surface area contributed by atoms with Crippen LogP contribution in [-0.4, -0.2) is 36.5 Å². The number of carbonyl (C=O) groups is 2. The Hall–Kier alpha value is -2.84. The van der Waals surface area contributed by atoms with E-state index in [1.807, 2.05) is 0 Å². The Kier molecular flexibility index (Phi) is 5.93. The Labute approximate surface area is 121 Å². The molecule has 1 aromatic rings. The fraction of sp³-hybridized carbons (Fsp3) is 0.333. The second kappa shape index (κ2) is 7.68. The van der Waals surface area contributed by atoms with E-state index in [2.05, 4.69) is 16.0 Å². The summed E-state index contributed by atoms with van der Waals surface area (Å²) >= 11 is 0. The smallest absolute Gasteiger partial charge is 0.312 e. The molecule has 1 rings (SSSR count). The van der Waals surface area contributed by atoms with Crippen LogP contribution in [0.1, 0.15) is 17.3 Å². The van der Waals surface area contributed by atoms with Crippen LogP contribution in [0.15, 0.2) is 18.2 Å². The molecule has 0 fully saturated rings. The highest BCUT2D eigenvalue weighted by Gasteiger charge is 2.17. The zero-order valence-corrected chi connectivity index (χ0v) is 11.5. The second-order valence-corrected chi connectivity index (χ2v) is 4.07. The number of benzene rings is 1. The third-order valence-electron chi connectivity index (χ3n) is 2.53. The maximum Gasteiger partial charge on any atom is 0.312 e. The number of nitrogens with one attached hydrogen (secondary N) is 3. The van der Waals surface area contributed by atoms with Gasteiger partial charge in [0.25, 0.3) is 11.6 Å². The molecule has 3 amide bonds. The van der Waals surface area contributed by atoms with E-state index in [0.29, 0.717) is 6.54 Å². The molecule has 0 unspecified atom stereocenters. The monoisotopic (exact) mass is 295 g/mol. The number of amides is 3. The van der Waals surface area contributed by atoms with Crippen LogP contribution in [0.4, 0.5) is 16.2 Å². The molecule has 0 radical (unpaired) electrons. The molecule has 0 atom stereocenters. The molecule has 0 spiro atoms. The molecule has 9 heteroatoms. The van der Waals surface area contributed by atoms with Crippen LogP contribution in [0, 0.1) is 10.1 Å². The number of nitro groups is 1. The lowest BCUT2D eigenvalue weighted by atomic mass is 10.1. The van der Waals surface area contributed by atoms with Gasteiger partial charge in [-0.2, -0.15) is 0 Å². The van der Waals surface area contributed by atoms with Gasteiger partial charge >= 0.3 is 6.03 Å². The molecule has 114 valence electrons. The molecule has 0 aliphatic heterocycles. The molecule has 0 saturated carbocycles. The number of carbonyl (C=O) groups excluding carboxylic acids is 2. The molecule has 5 N–H and O–H groups in total. The van der Waals surface area contributed by atoms with Crippen LogP contribution in [0.25, 0.3) is 0 Å². The number of nitrogens with two attached hydrogens (primary N) is 1. The van der Waals surface area contributed by atoms with E-state index in [0.717, 1.165) is 0 Å². The average Bonchev–Trinajstić information content (AvgIpc) is 2.43. The van der Waals surface area contributed by atoms with Gasteiger partial charge in [-0.3, -0.25) is 14.9 Å². The summed E-state index contributed by atoms with van der Waals surface area (Å²) in [6.45, 7) is 2.69. The molecule has 0 heterocycles. The van der Waals surface area contributed by atoms with Gasteiger partial charge in [-0.05, 0) is 19.1 Å². The number of hydrogen-bond donors (Lipinski definition) is 4. The van der Waals surface area contributed by atoms with Gasteiger partial charge < -0.3 is 21.7 Å². The molecule has 0 bridgehead atoms. The first-order valence-electron chi connectivity index (χ1n) is 6.29. The van der Waals surface area contributed by atoms with E-state index >= 15 is 0 Å². The Bertz CT molecular complexity index is 546. The third kappa shape index (κ3) is 4.97. The highest BCUT2D eigenvalue weighted by Crippen LogP contribution is 2.25. The SMILES string of the molecule is CCNC(=O)c1ccc(NCCNC(N)=O)c([N+](=O)[O-])c1. The van der Waals surface area contributed by atoms with Crippen LogP contribution in [0.3, 0.4) is 0 Å². The lowest BCUT2D eigenvalue weighted by molar-refractivity contribution is -0.384. The lowest BCUT2D eigenvalue weighted by Crippen LogP contribution is -2.33. The number of hydrogen-bond acceptors (Lipinski definition) is 5. The minimum absolute atomic E-state index is 0.210. The first-order valence-corrected chi connectivity index (χ1v) is 6.29. The van der Waals surface area contributed by atoms with Gasteiger partial charge in [-0.25, -0.2) is 4.79 Å². The molecular formula is C12H17N5O4. The predicted molar refractivity (Wildman–Crippen MR) is 77.2 cm³/mol. The van der Waals surface area contributed by atoms with Crippen LogP contribution >= 0.6 is 0 Å². The van der Waals surface area contributed by atoms with Crippen molar-refractivity contribution in [3.05, 3.63) is 33.9 Å². The predicted octanol–water partition coefficient (Wildman–Crippen LogP) is 0.425. The van der Waals surface area contributed by atoms with E-state index < -0.39 is 11.0 Å². The molecule has 0 aliphatic rings. The normalized spacial score (nSPS) is 9.76. The van der Waals surface area contributed by atoms with Crippen molar-refractivity contribution in [3.8, 4) is 0 Å². The van der Waals surface area contributed by atoms with Crippen molar-refractivity contribution in [1.82, 2.24) is 10.6 Å². The van der Waals surface area contributed by atoms with Gasteiger partial charge in [0.1, 0.15) is 5.69 Å². The Morgan fingerprint density at radius 3 is 2.57 bits per heavy atom. The molecule has 21 heavy (non-hydrogen) atoms. The molecule has 9 nitrogen and oxygen atoms in total. The quantitative estimate of drug-likeness (QED) is 0.328. The van der Waals surface area contributed by atoms with Gasteiger partial charge in [0.2, 0.25) is 0 Å². The number of nitro benzene ring substituents is 1. The van der Waals surface area contributed by atoms with Gasteiger partial charge in [-0.1, -0.05) is 0 Å². The summed E-state index contributed by atoms with van der Waals surface area (Å²) in [5.74, 6) is -0.373. The number of rotatable bonds is 7. The third-order valence-corrected chi connectivity index (χ3v) is 2.53. The Balaban J connectivity index is 2.82. The van der Waals surface area contributed by atoms with Crippen LogP contribution < -0.4 is 21.7 Å². The fourth-order valence-electron chi connectivity index (χ4n) is 1.62. The molecule has 0 aromatic heterocycles. The molecule has 1 aromatic carbocycles. The van der Waals surface area contributed by atoms with Crippen molar-refractivity contribution in [2.24, 2.45) is 5.73 Å². The van der Waals surface area contributed by atoms with Gasteiger partial charge in [-0.15, -0.1) is 0 Å². The summed E-state index contributed by atoms with van der Waals surface area (Å²) in [5, 5.41) is 18.8. The second-order valence-electron chi connectivity index (χ2n) is 4.07. The zero-order chi connectivity index (χ0) is 15.8. The van der Waals surface area contributed by atoms with Crippen LogP contribution in [-0.2, 0) is 0 Å². The zero-order valence-electron chi connectivity index (χ0n) is 11.5. The lowest BCUT2D eigenvalue weighted by Gasteiger charge is -2.09. The number of anilines is 1. The highest BCUT2D eigenvalue weighted by molar-refractivity contribution is 5.95. The first kappa shape index (κ1) is 16.2. The molecule has 0 aliphatic carbocycles. The first-order chi connectivity index (χ1) is 9.95. The van der Waals surface area contributed by atoms with Gasteiger partial charge in [0.05, 0.1) is 4.92 Å². The Morgan fingerprint density at radius 2 is 2.00 bits per heavy atom. The topological polar surface area (TPSA) is 139 Å². The van der Waals surface area contributed by atoms with Crippen LogP contribution in [0.5, 0.6) is 0 Å². The largest absolute Gasteiger partial charge is 0.378 e. The van der Waals surface area contributed by atoms with Crippen molar-refractivity contribution in [1.29, 1.82) is 0 Å². The van der Waals surface area contributed by atoms with E-state index in [1.54, 1.807) is 6.92 Å². The number of nitrogens with zero attached hydrogens (tertiary/aromatic N) is 1. The summed E-state index contributed by atoms with van der Waals surface area (Å²) in [5.41, 5.74) is 5.17. The summed E-state index contributed by atoms with van der Waals surface area (Å²) < 4.78 is 0. The van der Waals surface area contributed by atoms with E-state index in [1.165, 1.54) is 18.2 Å². The highest BCUT2D eigenvalue weighted by atomic mass is 16.6. The van der Waals surface area contributed by atoms with Crippen molar-refractivity contribution in [2.45, 2.75) is 6.92 Å². The van der Waals surface area contributed by atoms with E-state index in [-0.39, 0.29) is 35.9 Å². The number of primary amides is 1. The summed E-state index contributed by atoms with van der Waals surface area (Å²) in [6.07, 6.45) is 0. The minimum atomic E-state index is -0.669. The van der Waals surface area contributed by atoms with Gasteiger partial charge in [0, 0.05) is 31.3 Å². The fourth-order valence-corrected chi connectivity index (χ4v) is 1.62.